The summed E-state index contributed by atoms with van der Waals surface area (Å²) in [6.45, 7) is 4.01. The number of fused-ring (bicyclic) bond motifs is 3. The first-order valence-electron chi connectivity index (χ1n) is 10.8. The maximum atomic E-state index is 14.0. The molecule has 1 atom stereocenters. The van der Waals surface area contributed by atoms with E-state index in [2.05, 4.69) is 24.4 Å². The number of rotatable bonds is 2. The molecule has 1 N–H and O–H groups in total. The van der Waals surface area contributed by atoms with Gasteiger partial charge in [0.25, 0.3) is 0 Å². The van der Waals surface area contributed by atoms with Crippen molar-refractivity contribution < 1.29 is 18.7 Å². The molecule has 30 heavy (non-hydrogen) atoms. The van der Waals surface area contributed by atoms with Crippen LogP contribution in [0.5, 0.6) is 11.5 Å². The molecule has 0 saturated heterocycles. The first-order valence-corrected chi connectivity index (χ1v) is 10.8. The summed E-state index contributed by atoms with van der Waals surface area (Å²) in [6, 6.07) is 10.5. The summed E-state index contributed by atoms with van der Waals surface area (Å²) < 4.78 is 25.6. The second-order valence-electron chi connectivity index (χ2n) is 8.62. The van der Waals surface area contributed by atoms with Crippen LogP contribution in [0, 0.1) is 5.82 Å². The largest absolute Gasteiger partial charge is 0.486 e. The predicted octanol–water partition coefficient (Wildman–Crippen LogP) is 4.70. The van der Waals surface area contributed by atoms with E-state index >= 15 is 0 Å². The van der Waals surface area contributed by atoms with E-state index in [0.29, 0.717) is 25.3 Å². The molecule has 2 aromatic carbocycles. The van der Waals surface area contributed by atoms with E-state index in [4.69, 9.17) is 9.47 Å². The van der Waals surface area contributed by atoms with E-state index in [1.54, 1.807) is 18.2 Å². The molecule has 1 saturated carbocycles. The van der Waals surface area contributed by atoms with Crippen LogP contribution in [0.3, 0.4) is 0 Å². The van der Waals surface area contributed by atoms with Crippen LogP contribution < -0.4 is 14.8 Å². The Bertz CT molecular complexity index is 971. The van der Waals surface area contributed by atoms with Gasteiger partial charge in [0.15, 0.2) is 11.5 Å². The Morgan fingerprint density at radius 2 is 1.87 bits per heavy atom. The lowest BCUT2D eigenvalue weighted by atomic mass is 9.71. The summed E-state index contributed by atoms with van der Waals surface area (Å²) in [6.07, 6.45) is 4.44. The quantitative estimate of drug-likeness (QED) is 0.781. The number of halogens is 1. The maximum absolute atomic E-state index is 14.0. The van der Waals surface area contributed by atoms with Gasteiger partial charge >= 0.3 is 6.03 Å². The van der Waals surface area contributed by atoms with Gasteiger partial charge in [0.2, 0.25) is 0 Å². The number of hydrogen-bond donors (Lipinski definition) is 1. The van der Waals surface area contributed by atoms with Crippen molar-refractivity contribution in [3.05, 3.63) is 58.9 Å². The molecule has 2 aromatic rings. The Morgan fingerprint density at radius 3 is 2.60 bits per heavy atom. The molecule has 5 nitrogen and oxygen atoms in total. The van der Waals surface area contributed by atoms with E-state index in [-0.39, 0.29) is 29.8 Å². The zero-order chi connectivity index (χ0) is 20.7. The van der Waals surface area contributed by atoms with Crippen molar-refractivity contribution >= 4 is 6.03 Å². The Kier molecular flexibility index (Phi) is 4.80. The van der Waals surface area contributed by atoms with E-state index in [0.717, 1.165) is 42.7 Å². The van der Waals surface area contributed by atoms with Gasteiger partial charge in [-0.25, -0.2) is 9.18 Å². The highest BCUT2D eigenvalue weighted by molar-refractivity contribution is 5.76. The van der Waals surface area contributed by atoms with Crippen molar-refractivity contribution in [3.63, 3.8) is 0 Å². The fraction of sp³-hybridized carbons (Fsp3) is 0.458. The topological polar surface area (TPSA) is 50.8 Å². The van der Waals surface area contributed by atoms with Gasteiger partial charge in [-0.1, -0.05) is 31.0 Å². The SMILES string of the molecule is CC1c2cc3c(cc2C2(CCCC2)CN1C(=O)NCc1ccccc1F)OCCO3. The third kappa shape index (κ3) is 3.18. The van der Waals surface area contributed by atoms with E-state index in [9.17, 15) is 9.18 Å². The predicted molar refractivity (Wildman–Crippen MR) is 111 cm³/mol. The molecule has 2 heterocycles. The molecular formula is C24H27FN2O3. The Labute approximate surface area is 176 Å². The number of urea groups is 1. The number of ether oxygens (including phenoxy) is 2. The molecule has 3 aliphatic rings. The number of nitrogens with zero attached hydrogens (tertiary/aromatic N) is 1. The highest BCUT2D eigenvalue weighted by Gasteiger charge is 2.46. The average molecular weight is 410 g/mol. The second kappa shape index (κ2) is 7.49. The lowest BCUT2D eigenvalue weighted by molar-refractivity contribution is 0.140. The van der Waals surface area contributed by atoms with E-state index in [1.807, 2.05) is 4.90 Å². The number of amides is 2. The zero-order valence-corrected chi connectivity index (χ0v) is 17.2. The van der Waals surface area contributed by atoms with Gasteiger partial charge in [-0.15, -0.1) is 0 Å². The second-order valence-corrected chi connectivity index (χ2v) is 8.62. The monoisotopic (exact) mass is 410 g/mol. The molecule has 0 radical (unpaired) electrons. The highest BCUT2D eigenvalue weighted by Crippen LogP contribution is 2.51. The van der Waals surface area contributed by atoms with Crippen LogP contribution >= 0.6 is 0 Å². The molecule has 0 aromatic heterocycles. The molecule has 2 amide bonds. The summed E-state index contributed by atoms with van der Waals surface area (Å²) in [4.78, 5) is 15.1. The first kappa shape index (κ1) is 19.2. The molecule has 1 fully saturated rings. The molecule has 2 aliphatic heterocycles. The lowest BCUT2D eigenvalue weighted by Crippen LogP contribution is -2.51. The number of carbonyl (C=O) groups excluding carboxylic acids is 1. The highest BCUT2D eigenvalue weighted by atomic mass is 19.1. The molecule has 5 rings (SSSR count). The first-order chi connectivity index (χ1) is 14.6. The van der Waals surface area contributed by atoms with Crippen molar-refractivity contribution in [1.29, 1.82) is 0 Å². The standard InChI is InChI=1S/C24H27FN2O3/c1-16-18-12-21-22(30-11-10-29-21)13-19(18)24(8-4-5-9-24)15-27(16)23(28)26-14-17-6-2-3-7-20(17)25/h2-3,6-7,12-13,16H,4-5,8-11,14-15H2,1H3,(H,26,28). The molecule has 0 bridgehead atoms. The van der Waals surface area contributed by atoms with Gasteiger partial charge in [-0.3, -0.25) is 0 Å². The van der Waals surface area contributed by atoms with Crippen molar-refractivity contribution in [2.75, 3.05) is 19.8 Å². The maximum Gasteiger partial charge on any atom is 0.318 e. The summed E-state index contributed by atoms with van der Waals surface area (Å²) in [7, 11) is 0. The Morgan fingerprint density at radius 1 is 1.17 bits per heavy atom. The van der Waals surface area contributed by atoms with Gasteiger partial charge in [0.05, 0.1) is 6.04 Å². The molecule has 158 valence electrons. The third-order valence-electron chi connectivity index (χ3n) is 6.89. The van der Waals surface area contributed by atoms with E-state index < -0.39 is 0 Å². The normalized spacial score (nSPS) is 21.4. The van der Waals surface area contributed by atoms with Crippen LogP contribution in [-0.2, 0) is 12.0 Å². The molecule has 1 aliphatic carbocycles. The minimum Gasteiger partial charge on any atom is -0.486 e. The number of carbonyl (C=O) groups is 1. The summed E-state index contributed by atoms with van der Waals surface area (Å²) >= 11 is 0. The summed E-state index contributed by atoms with van der Waals surface area (Å²) in [5, 5.41) is 2.93. The average Bonchev–Trinajstić information content (AvgIpc) is 3.24. The minimum atomic E-state index is -0.300. The Hall–Kier alpha value is -2.76. The molecular weight excluding hydrogens is 383 g/mol. The number of nitrogens with one attached hydrogen (secondary N) is 1. The van der Waals surface area contributed by atoms with Gasteiger partial charge < -0.3 is 19.7 Å². The van der Waals surface area contributed by atoms with Gasteiger partial charge in [0, 0.05) is 24.1 Å². The molecule has 1 unspecified atom stereocenters. The fourth-order valence-corrected chi connectivity index (χ4v) is 5.27. The smallest absolute Gasteiger partial charge is 0.318 e. The van der Waals surface area contributed by atoms with Crippen LogP contribution in [-0.4, -0.2) is 30.7 Å². The lowest BCUT2D eigenvalue weighted by Gasteiger charge is -2.46. The van der Waals surface area contributed by atoms with Crippen LogP contribution in [0.4, 0.5) is 9.18 Å². The van der Waals surface area contributed by atoms with Crippen molar-refractivity contribution in [1.82, 2.24) is 10.2 Å². The third-order valence-corrected chi connectivity index (χ3v) is 6.89. The number of benzene rings is 2. The summed E-state index contributed by atoms with van der Waals surface area (Å²) in [5.74, 6) is 1.27. The minimum absolute atomic E-state index is 0.0486. The van der Waals surface area contributed by atoms with Crippen molar-refractivity contribution in [2.45, 2.75) is 50.6 Å². The Balaban J connectivity index is 1.45. The number of hydrogen-bond acceptors (Lipinski definition) is 3. The van der Waals surface area contributed by atoms with E-state index in [1.165, 1.54) is 11.6 Å². The van der Waals surface area contributed by atoms with Crippen molar-refractivity contribution in [2.24, 2.45) is 0 Å². The van der Waals surface area contributed by atoms with Gasteiger partial charge in [-0.05, 0) is 49.1 Å². The van der Waals surface area contributed by atoms with Crippen LogP contribution in [0.25, 0.3) is 0 Å². The van der Waals surface area contributed by atoms with Crippen LogP contribution in [0.1, 0.15) is 55.3 Å². The fourth-order valence-electron chi connectivity index (χ4n) is 5.27. The molecule has 1 spiro atoms. The zero-order valence-electron chi connectivity index (χ0n) is 17.2. The molecule has 6 heteroatoms. The van der Waals surface area contributed by atoms with Crippen LogP contribution in [0.15, 0.2) is 36.4 Å². The van der Waals surface area contributed by atoms with Crippen LogP contribution in [0.2, 0.25) is 0 Å². The van der Waals surface area contributed by atoms with Gasteiger partial charge in [0.1, 0.15) is 19.0 Å². The van der Waals surface area contributed by atoms with Crippen molar-refractivity contribution in [3.8, 4) is 11.5 Å². The summed E-state index contributed by atoms with van der Waals surface area (Å²) in [5.41, 5.74) is 2.88. The van der Waals surface area contributed by atoms with Gasteiger partial charge in [-0.2, -0.15) is 0 Å².